The highest BCUT2D eigenvalue weighted by molar-refractivity contribution is 7.86. The predicted octanol–water partition coefficient (Wildman–Crippen LogP) is 3.99. The Morgan fingerprint density at radius 2 is 1.75 bits per heavy atom. The molecule has 0 spiro atoms. The molecule has 3 amide bonds. The van der Waals surface area contributed by atoms with Crippen LogP contribution in [-0.2, 0) is 31.4 Å². The Bertz CT molecular complexity index is 1280. The number of ether oxygens (including phenoxy) is 2. The van der Waals surface area contributed by atoms with E-state index in [1.807, 2.05) is 0 Å². The zero-order valence-corrected chi connectivity index (χ0v) is 22.6. The molecule has 4 rings (SSSR count). The van der Waals surface area contributed by atoms with Gasteiger partial charge in [-0.1, -0.05) is 25.3 Å². The van der Waals surface area contributed by atoms with Gasteiger partial charge in [0.05, 0.1) is 5.56 Å². The molecule has 1 aliphatic carbocycles. The average molecular weight is 582 g/mol. The van der Waals surface area contributed by atoms with Crippen molar-refractivity contribution in [2.45, 2.75) is 57.3 Å². The van der Waals surface area contributed by atoms with Crippen molar-refractivity contribution >= 4 is 39.9 Å². The van der Waals surface area contributed by atoms with Crippen LogP contribution in [0.4, 0.5) is 24.5 Å². The van der Waals surface area contributed by atoms with Crippen molar-refractivity contribution in [3.05, 3.63) is 48.0 Å². The summed E-state index contributed by atoms with van der Waals surface area (Å²) < 4.78 is 63.5. The number of fused-ring (bicyclic) bond motifs is 1. The quantitative estimate of drug-likeness (QED) is 0.463. The van der Waals surface area contributed by atoms with Gasteiger partial charge < -0.3 is 20.1 Å². The first-order valence-corrected chi connectivity index (χ1v) is 14.3. The zero-order chi connectivity index (χ0) is 28.9. The Morgan fingerprint density at radius 3 is 2.48 bits per heavy atom. The fourth-order valence-electron chi connectivity index (χ4n) is 4.68. The van der Waals surface area contributed by atoms with Gasteiger partial charge in [0.25, 0.3) is 0 Å². The molecule has 13 heteroatoms. The van der Waals surface area contributed by atoms with Crippen molar-refractivity contribution < 1.29 is 41.2 Å². The van der Waals surface area contributed by atoms with E-state index in [1.165, 1.54) is 19.1 Å². The van der Waals surface area contributed by atoms with Crippen LogP contribution in [0, 0.1) is 0 Å². The van der Waals surface area contributed by atoms with E-state index in [4.69, 9.17) is 9.47 Å². The number of rotatable bonds is 9. The van der Waals surface area contributed by atoms with E-state index in [0.29, 0.717) is 17.2 Å². The van der Waals surface area contributed by atoms with Crippen LogP contribution in [0.2, 0.25) is 0 Å². The highest BCUT2D eigenvalue weighted by Gasteiger charge is 2.34. The van der Waals surface area contributed by atoms with Crippen LogP contribution >= 0.6 is 0 Å². The normalized spacial score (nSPS) is 16.6. The first-order chi connectivity index (χ1) is 19.0. The molecule has 1 aliphatic heterocycles. The van der Waals surface area contributed by atoms with Crippen LogP contribution in [0.1, 0.15) is 44.6 Å². The van der Waals surface area contributed by atoms with Crippen LogP contribution in [0.15, 0.2) is 42.5 Å². The van der Waals surface area contributed by atoms with Gasteiger partial charge in [0.15, 0.2) is 11.5 Å². The second kappa shape index (κ2) is 12.7. The third-order valence-electron chi connectivity index (χ3n) is 6.67. The molecule has 1 fully saturated rings. The lowest BCUT2D eigenvalue weighted by molar-refractivity contribution is -0.137. The summed E-state index contributed by atoms with van der Waals surface area (Å²) in [6, 6.07) is 7.50. The summed E-state index contributed by atoms with van der Waals surface area (Å²) in [6.45, 7) is 1.46. The lowest BCUT2D eigenvalue weighted by Gasteiger charge is -2.31. The highest BCUT2D eigenvalue weighted by atomic mass is 32.2. The summed E-state index contributed by atoms with van der Waals surface area (Å²) >= 11 is 0. The second-order valence-corrected chi connectivity index (χ2v) is 11.1. The van der Waals surface area contributed by atoms with Gasteiger partial charge in [0, 0.05) is 34.3 Å². The summed E-state index contributed by atoms with van der Waals surface area (Å²) in [4.78, 5) is 39.8. The number of hydrogen-bond acceptors (Lipinski definition) is 6. The molecule has 1 saturated carbocycles. The van der Waals surface area contributed by atoms with Crippen LogP contribution in [0.3, 0.4) is 0 Å². The molecule has 9 nitrogen and oxygen atoms in total. The van der Waals surface area contributed by atoms with E-state index < -0.39 is 57.8 Å². The van der Waals surface area contributed by atoms with Crippen molar-refractivity contribution in [2.75, 3.05) is 28.5 Å². The monoisotopic (exact) mass is 581 g/mol. The van der Waals surface area contributed by atoms with Gasteiger partial charge in [0.2, 0.25) is 24.5 Å². The molecular weight excluding hydrogens is 551 g/mol. The van der Waals surface area contributed by atoms with Gasteiger partial charge in [-0.15, -0.1) is 0 Å². The number of amides is 3. The van der Waals surface area contributed by atoms with Gasteiger partial charge in [-0.3, -0.25) is 23.5 Å². The van der Waals surface area contributed by atoms with E-state index in [0.717, 1.165) is 55.2 Å². The summed E-state index contributed by atoms with van der Waals surface area (Å²) in [7, 11) is -2.02. The minimum atomic E-state index is -4.67. The van der Waals surface area contributed by atoms with Crippen molar-refractivity contribution in [3.8, 4) is 11.5 Å². The maximum absolute atomic E-state index is 13.4. The zero-order valence-electron chi connectivity index (χ0n) is 21.8. The smallest absolute Gasteiger partial charge is 0.416 e. The fourth-order valence-corrected chi connectivity index (χ4v) is 5.56. The molecule has 2 atom stereocenters. The predicted molar refractivity (Wildman–Crippen MR) is 142 cm³/mol. The van der Waals surface area contributed by atoms with E-state index in [2.05, 4.69) is 10.6 Å². The van der Waals surface area contributed by atoms with Crippen LogP contribution in [0.25, 0.3) is 0 Å². The van der Waals surface area contributed by atoms with Gasteiger partial charge in [-0.05, 0) is 50.1 Å². The number of carbonyl (C=O) groups excluding carboxylic acids is 3. The van der Waals surface area contributed by atoms with Crippen LogP contribution < -0.4 is 25.0 Å². The number of benzene rings is 2. The second-order valence-electron chi connectivity index (χ2n) is 9.68. The molecule has 2 aliphatic rings. The molecule has 1 heterocycles. The lowest BCUT2D eigenvalue weighted by Crippen LogP contribution is -2.52. The van der Waals surface area contributed by atoms with Gasteiger partial charge in [-0.25, -0.2) is 0 Å². The molecule has 0 radical (unpaired) electrons. The molecule has 0 unspecified atom stereocenters. The van der Waals surface area contributed by atoms with Gasteiger partial charge >= 0.3 is 6.18 Å². The molecular formula is C27H30F3N3O6S. The summed E-state index contributed by atoms with van der Waals surface area (Å²) in [5.41, 5.74) is -0.781. The Hall–Kier alpha value is -3.61. The number of anilines is 2. The number of nitrogens with zero attached hydrogens (tertiary/aromatic N) is 1. The molecule has 0 bridgehead atoms. The molecule has 0 aromatic heterocycles. The first kappa shape index (κ1) is 29.4. The first-order valence-electron chi connectivity index (χ1n) is 12.9. The third-order valence-corrected chi connectivity index (χ3v) is 7.82. The Labute approximate surface area is 231 Å². The number of alkyl halides is 3. The number of halogens is 3. The Morgan fingerprint density at radius 1 is 1.02 bits per heavy atom. The van der Waals surface area contributed by atoms with Crippen molar-refractivity contribution in [2.24, 2.45) is 0 Å². The van der Waals surface area contributed by atoms with Crippen molar-refractivity contribution in [1.29, 1.82) is 0 Å². The van der Waals surface area contributed by atoms with Gasteiger partial charge in [0.1, 0.15) is 17.5 Å². The summed E-state index contributed by atoms with van der Waals surface area (Å²) in [5.74, 6) is -2.28. The SMILES string of the molecule is C[C@H](C(=O)NC1CCCCC1)N(C(=O)C[S@@](=O)CC(=O)Nc1ccc2c(c1)OCO2)c1cccc(C(F)(F)F)c1. The molecule has 40 heavy (non-hydrogen) atoms. The molecule has 216 valence electrons. The van der Waals surface area contributed by atoms with E-state index >= 15 is 0 Å². The Kier molecular flexibility index (Phi) is 9.33. The van der Waals surface area contributed by atoms with Gasteiger partial charge in [-0.2, -0.15) is 13.2 Å². The van der Waals surface area contributed by atoms with Crippen molar-refractivity contribution in [1.82, 2.24) is 5.32 Å². The summed E-state index contributed by atoms with van der Waals surface area (Å²) in [5, 5.41) is 5.45. The maximum Gasteiger partial charge on any atom is 0.416 e. The lowest BCUT2D eigenvalue weighted by atomic mass is 9.95. The third kappa shape index (κ3) is 7.52. The minimum Gasteiger partial charge on any atom is -0.454 e. The number of nitrogens with one attached hydrogen (secondary N) is 2. The van der Waals surface area contributed by atoms with Crippen LogP contribution in [-0.4, -0.2) is 52.3 Å². The average Bonchev–Trinajstić information content (AvgIpc) is 3.37. The largest absolute Gasteiger partial charge is 0.454 e. The fraction of sp³-hybridized carbons (Fsp3) is 0.444. The molecule has 2 N–H and O–H groups in total. The van der Waals surface area contributed by atoms with E-state index in [1.54, 1.807) is 12.1 Å². The molecule has 2 aromatic rings. The molecule has 0 saturated heterocycles. The number of hydrogen-bond donors (Lipinski definition) is 2. The Balaban J connectivity index is 1.46. The highest BCUT2D eigenvalue weighted by Crippen LogP contribution is 2.34. The summed E-state index contributed by atoms with van der Waals surface area (Å²) in [6.07, 6.45) is -0.165. The molecule has 2 aromatic carbocycles. The van der Waals surface area contributed by atoms with Crippen molar-refractivity contribution in [3.63, 3.8) is 0 Å². The standard InChI is InChI=1S/C27H30F3N3O6S/c1-17(26(36)32-19-7-3-2-4-8-19)33(21-9-5-6-18(12-21)27(28,29)30)25(35)15-40(37)14-24(34)31-20-10-11-22-23(13-20)39-16-38-22/h5-6,9-13,17,19H,2-4,7-8,14-16H2,1H3,(H,31,34)(H,32,36)/t17-,40+/m1/s1. The maximum atomic E-state index is 13.4. The topological polar surface area (TPSA) is 114 Å². The minimum absolute atomic E-state index is 0.0539. The van der Waals surface area contributed by atoms with E-state index in [-0.39, 0.29) is 18.5 Å². The van der Waals surface area contributed by atoms with E-state index in [9.17, 15) is 31.8 Å². The van der Waals surface area contributed by atoms with Crippen LogP contribution in [0.5, 0.6) is 11.5 Å². The number of carbonyl (C=O) groups is 3.